The molecule has 2 aromatic carbocycles. The molecule has 2 amide bonds. The molecule has 0 unspecified atom stereocenters. The van der Waals surface area contributed by atoms with Crippen LogP contribution in [0.1, 0.15) is 10.4 Å². The highest BCUT2D eigenvalue weighted by atomic mass is 16.5. The highest BCUT2D eigenvalue weighted by Crippen LogP contribution is 2.21. The van der Waals surface area contributed by atoms with Crippen LogP contribution in [0.4, 0.5) is 16.2 Å². The van der Waals surface area contributed by atoms with Crippen molar-refractivity contribution in [1.29, 1.82) is 0 Å². The lowest BCUT2D eigenvalue weighted by Crippen LogP contribution is -2.32. The van der Waals surface area contributed by atoms with Crippen LogP contribution in [0, 0.1) is 0 Å². The average molecular weight is 300 g/mol. The van der Waals surface area contributed by atoms with E-state index in [4.69, 9.17) is 4.74 Å². The number of ether oxygens (including phenoxy) is 1. The van der Waals surface area contributed by atoms with Gasteiger partial charge in [-0.2, -0.15) is 0 Å². The summed E-state index contributed by atoms with van der Waals surface area (Å²) in [5, 5.41) is 11.9. The monoisotopic (exact) mass is 300 g/mol. The number of rotatable bonds is 4. The maximum Gasteiger partial charge on any atom is 0.337 e. The first-order valence-electron chi connectivity index (χ1n) is 6.54. The van der Waals surface area contributed by atoms with Gasteiger partial charge in [-0.05, 0) is 36.4 Å². The number of nitrogens with one attached hydrogen (secondary N) is 1. The highest BCUT2D eigenvalue weighted by Gasteiger charge is 2.17. The largest absolute Gasteiger partial charge is 0.497 e. The van der Waals surface area contributed by atoms with Crippen LogP contribution in [0.15, 0.2) is 48.5 Å². The summed E-state index contributed by atoms with van der Waals surface area (Å²) in [7, 11) is 3.07. The summed E-state index contributed by atoms with van der Waals surface area (Å²) in [5.74, 6) is -0.401. The van der Waals surface area contributed by atoms with E-state index in [9.17, 15) is 14.7 Å². The van der Waals surface area contributed by atoms with Crippen molar-refractivity contribution >= 4 is 23.4 Å². The zero-order valence-electron chi connectivity index (χ0n) is 12.2. The van der Waals surface area contributed by atoms with Crippen molar-refractivity contribution in [2.75, 3.05) is 24.4 Å². The number of hydrogen-bond donors (Lipinski definition) is 2. The molecule has 6 nitrogen and oxygen atoms in total. The number of aromatic carboxylic acids is 1. The van der Waals surface area contributed by atoms with Crippen LogP contribution in [0.25, 0.3) is 0 Å². The smallest absolute Gasteiger partial charge is 0.337 e. The van der Waals surface area contributed by atoms with Crippen LogP contribution >= 0.6 is 0 Å². The minimum atomic E-state index is -1.08. The molecule has 0 aromatic heterocycles. The Morgan fingerprint density at radius 1 is 1.09 bits per heavy atom. The number of para-hydroxylation sites is 1. The lowest BCUT2D eigenvalue weighted by molar-refractivity contribution is 0.0697. The molecule has 6 heteroatoms. The van der Waals surface area contributed by atoms with E-state index in [1.54, 1.807) is 49.6 Å². The molecular formula is C16H16N2O4. The zero-order chi connectivity index (χ0) is 16.1. The molecule has 0 aliphatic rings. The number of nitrogens with zero attached hydrogens (tertiary/aromatic N) is 1. The van der Waals surface area contributed by atoms with Gasteiger partial charge >= 0.3 is 12.0 Å². The van der Waals surface area contributed by atoms with Gasteiger partial charge in [0.25, 0.3) is 0 Å². The van der Waals surface area contributed by atoms with Gasteiger partial charge in [0.2, 0.25) is 0 Å². The molecule has 2 rings (SSSR count). The van der Waals surface area contributed by atoms with E-state index in [2.05, 4.69) is 5.32 Å². The topological polar surface area (TPSA) is 78.9 Å². The minimum absolute atomic E-state index is 0.0647. The highest BCUT2D eigenvalue weighted by molar-refractivity contribution is 6.05. The van der Waals surface area contributed by atoms with Gasteiger partial charge in [-0.15, -0.1) is 0 Å². The fourth-order valence-electron chi connectivity index (χ4n) is 1.94. The molecule has 0 spiro atoms. The maximum absolute atomic E-state index is 12.2. The summed E-state index contributed by atoms with van der Waals surface area (Å²) >= 11 is 0. The third-order valence-electron chi connectivity index (χ3n) is 3.14. The molecule has 2 aromatic rings. The fraction of sp³-hybridized carbons (Fsp3) is 0.125. The lowest BCUT2D eigenvalue weighted by atomic mass is 10.1. The third-order valence-corrected chi connectivity index (χ3v) is 3.14. The minimum Gasteiger partial charge on any atom is -0.497 e. The van der Waals surface area contributed by atoms with Gasteiger partial charge < -0.3 is 15.2 Å². The summed E-state index contributed by atoms with van der Waals surface area (Å²) in [6, 6.07) is 12.7. The number of amides is 2. The van der Waals surface area contributed by atoms with Gasteiger partial charge in [0, 0.05) is 12.7 Å². The van der Waals surface area contributed by atoms with Crippen LogP contribution in [0.3, 0.4) is 0 Å². The maximum atomic E-state index is 12.2. The first-order chi connectivity index (χ1) is 10.5. The van der Waals surface area contributed by atoms with Crippen LogP contribution in [-0.2, 0) is 0 Å². The van der Waals surface area contributed by atoms with E-state index in [1.807, 2.05) is 0 Å². The van der Waals surface area contributed by atoms with Crippen LogP contribution in [0.5, 0.6) is 5.75 Å². The molecule has 0 heterocycles. The van der Waals surface area contributed by atoms with Gasteiger partial charge in [-0.25, -0.2) is 9.59 Å². The van der Waals surface area contributed by atoms with Crippen molar-refractivity contribution in [2.24, 2.45) is 0 Å². The summed E-state index contributed by atoms with van der Waals surface area (Å²) in [4.78, 5) is 24.7. The second kappa shape index (κ2) is 6.62. The molecule has 0 aliphatic carbocycles. The molecule has 0 atom stereocenters. The number of carbonyl (C=O) groups is 2. The Bertz CT molecular complexity index is 683. The fourth-order valence-corrected chi connectivity index (χ4v) is 1.94. The standard InChI is InChI=1S/C16H16N2O4/c1-18(14-6-4-3-5-13(14)15(19)20)16(21)17-11-7-9-12(22-2)10-8-11/h3-10H,1-2H3,(H,17,21)(H,19,20). The van der Waals surface area contributed by atoms with Crippen LogP contribution in [0.2, 0.25) is 0 Å². The number of carboxylic acids is 1. The molecule has 0 saturated carbocycles. The lowest BCUT2D eigenvalue weighted by Gasteiger charge is -2.20. The van der Waals surface area contributed by atoms with Crippen LogP contribution < -0.4 is 15.0 Å². The van der Waals surface area contributed by atoms with Crippen molar-refractivity contribution < 1.29 is 19.4 Å². The molecular weight excluding hydrogens is 284 g/mol. The summed E-state index contributed by atoms with van der Waals surface area (Å²) < 4.78 is 5.04. The second-order valence-electron chi connectivity index (χ2n) is 4.54. The van der Waals surface area contributed by atoms with E-state index in [0.717, 1.165) is 0 Å². The van der Waals surface area contributed by atoms with Gasteiger partial charge in [0.15, 0.2) is 0 Å². The van der Waals surface area contributed by atoms with Crippen molar-refractivity contribution in [1.82, 2.24) is 0 Å². The number of carbonyl (C=O) groups excluding carboxylic acids is 1. The van der Waals surface area contributed by atoms with E-state index in [1.165, 1.54) is 18.0 Å². The number of anilines is 2. The number of hydrogen-bond acceptors (Lipinski definition) is 3. The van der Waals surface area contributed by atoms with Crippen molar-refractivity contribution in [3.05, 3.63) is 54.1 Å². The predicted molar refractivity (Wildman–Crippen MR) is 83.8 cm³/mol. The Kier molecular flexibility index (Phi) is 4.63. The molecule has 22 heavy (non-hydrogen) atoms. The molecule has 0 saturated heterocycles. The SMILES string of the molecule is COc1ccc(NC(=O)N(C)c2ccccc2C(=O)O)cc1. The number of methoxy groups -OCH3 is 1. The van der Waals surface area contributed by atoms with E-state index >= 15 is 0 Å². The quantitative estimate of drug-likeness (QED) is 0.909. The Labute approximate surface area is 127 Å². The summed E-state index contributed by atoms with van der Waals surface area (Å²) in [6.45, 7) is 0. The molecule has 0 radical (unpaired) electrons. The predicted octanol–water partition coefficient (Wildman–Crippen LogP) is 3.06. The van der Waals surface area contributed by atoms with Gasteiger partial charge in [-0.1, -0.05) is 12.1 Å². The van der Waals surface area contributed by atoms with Gasteiger partial charge in [-0.3, -0.25) is 4.90 Å². The molecule has 0 aliphatic heterocycles. The zero-order valence-corrected chi connectivity index (χ0v) is 12.2. The van der Waals surface area contributed by atoms with Gasteiger partial charge in [0.1, 0.15) is 5.75 Å². The second-order valence-corrected chi connectivity index (χ2v) is 4.54. The molecule has 0 fully saturated rings. The number of urea groups is 1. The Hall–Kier alpha value is -3.02. The first-order valence-corrected chi connectivity index (χ1v) is 6.54. The molecule has 0 bridgehead atoms. The van der Waals surface area contributed by atoms with Crippen molar-refractivity contribution in [2.45, 2.75) is 0 Å². The van der Waals surface area contributed by atoms with Crippen LogP contribution in [-0.4, -0.2) is 31.3 Å². The van der Waals surface area contributed by atoms with E-state index < -0.39 is 12.0 Å². The third kappa shape index (κ3) is 3.35. The van der Waals surface area contributed by atoms with Crippen molar-refractivity contribution in [3.63, 3.8) is 0 Å². The Balaban J connectivity index is 2.17. The van der Waals surface area contributed by atoms with E-state index in [-0.39, 0.29) is 5.56 Å². The molecule has 2 N–H and O–H groups in total. The average Bonchev–Trinajstić information content (AvgIpc) is 2.54. The first kappa shape index (κ1) is 15.4. The van der Waals surface area contributed by atoms with Gasteiger partial charge in [0.05, 0.1) is 18.4 Å². The molecule has 114 valence electrons. The summed E-state index contributed by atoms with van der Waals surface area (Å²) in [6.07, 6.45) is 0. The Morgan fingerprint density at radius 3 is 2.32 bits per heavy atom. The summed E-state index contributed by atoms with van der Waals surface area (Å²) in [5.41, 5.74) is 0.973. The number of benzene rings is 2. The van der Waals surface area contributed by atoms with E-state index in [0.29, 0.717) is 17.1 Å². The number of carboxylic acid groups (broad SMARTS) is 1. The Morgan fingerprint density at radius 2 is 1.73 bits per heavy atom. The van der Waals surface area contributed by atoms with Crippen molar-refractivity contribution in [3.8, 4) is 5.75 Å². The normalized spacial score (nSPS) is 9.91.